The second-order valence-electron chi connectivity index (χ2n) is 7.26. The van der Waals surface area contributed by atoms with Gasteiger partial charge < -0.3 is 29.4 Å². The van der Waals surface area contributed by atoms with Crippen LogP contribution in [0.4, 0.5) is 5.82 Å². The topological polar surface area (TPSA) is 84.2 Å². The summed E-state index contributed by atoms with van der Waals surface area (Å²) >= 11 is 0. The van der Waals surface area contributed by atoms with Gasteiger partial charge in [-0.2, -0.15) is 0 Å². The van der Waals surface area contributed by atoms with E-state index in [1.54, 1.807) is 6.26 Å². The molecule has 0 aromatic carbocycles. The summed E-state index contributed by atoms with van der Waals surface area (Å²) in [5.74, 6) is 2.65. The normalized spacial score (nSPS) is 17.2. The van der Waals surface area contributed by atoms with E-state index in [4.69, 9.17) is 18.9 Å². The fourth-order valence-electron chi connectivity index (χ4n) is 3.22. The molecular formula is C22H33N5O3. The Kier molecular flexibility index (Phi) is 8.99. The number of pyridine rings is 1. The van der Waals surface area contributed by atoms with E-state index in [9.17, 15) is 0 Å². The van der Waals surface area contributed by atoms with E-state index in [-0.39, 0.29) is 6.10 Å². The molecular weight excluding hydrogens is 382 g/mol. The lowest BCUT2D eigenvalue weighted by atomic mass is 10.2. The summed E-state index contributed by atoms with van der Waals surface area (Å²) in [4.78, 5) is 11.5. The number of rotatable bonds is 10. The molecule has 2 N–H and O–H groups in total. The van der Waals surface area contributed by atoms with Gasteiger partial charge in [0.25, 0.3) is 0 Å². The zero-order chi connectivity index (χ0) is 21.0. The molecule has 3 rings (SSSR count). The number of guanidine groups is 1. The van der Waals surface area contributed by atoms with E-state index in [1.807, 2.05) is 24.4 Å². The fourth-order valence-corrected chi connectivity index (χ4v) is 3.22. The molecule has 2 aromatic rings. The predicted octanol–water partition coefficient (Wildman–Crippen LogP) is 2.56. The SMILES string of the molecule is CCNC(=NCc1ccnc(N2CCOC(C)C2)c1)NCCCOCc1ccco1. The third-order valence-electron chi connectivity index (χ3n) is 4.72. The van der Waals surface area contributed by atoms with E-state index in [0.717, 1.165) is 62.3 Å². The van der Waals surface area contributed by atoms with Gasteiger partial charge in [-0.05, 0) is 50.1 Å². The van der Waals surface area contributed by atoms with Crippen LogP contribution in [0.25, 0.3) is 0 Å². The molecule has 0 radical (unpaired) electrons. The Hall–Kier alpha value is -2.58. The summed E-state index contributed by atoms with van der Waals surface area (Å²) in [7, 11) is 0. The molecule has 30 heavy (non-hydrogen) atoms. The average Bonchev–Trinajstić information content (AvgIpc) is 3.28. The van der Waals surface area contributed by atoms with Crippen LogP contribution in [0.5, 0.6) is 0 Å². The number of hydrogen-bond acceptors (Lipinski definition) is 6. The Bertz CT molecular complexity index is 766. The van der Waals surface area contributed by atoms with Crippen LogP contribution in [-0.2, 0) is 22.6 Å². The Balaban J connectivity index is 1.43. The molecule has 164 valence electrons. The van der Waals surface area contributed by atoms with Crippen LogP contribution < -0.4 is 15.5 Å². The number of aliphatic imine (C=N–C) groups is 1. The van der Waals surface area contributed by atoms with Crippen LogP contribution in [-0.4, -0.2) is 56.4 Å². The molecule has 3 heterocycles. The van der Waals surface area contributed by atoms with Crippen molar-refractivity contribution in [3.8, 4) is 0 Å². The summed E-state index contributed by atoms with van der Waals surface area (Å²) in [6.07, 6.45) is 4.64. The maximum absolute atomic E-state index is 5.62. The largest absolute Gasteiger partial charge is 0.467 e. The molecule has 0 amide bonds. The van der Waals surface area contributed by atoms with Crippen molar-refractivity contribution in [1.29, 1.82) is 0 Å². The third kappa shape index (κ3) is 7.35. The number of nitrogens with one attached hydrogen (secondary N) is 2. The van der Waals surface area contributed by atoms with E-state index in [1.165, 1.54) is 0 Å². The van der Waals surface area contributed by atoms with Crippen LogP contribution in [0.3, 0.4) is 0 Å². The Morgan fingerprint density at radius 1 is 1.37 bits per heavy atom. The predicted molar refractivity (Wildman–Crippen MR) is 118 cm³/mol. The van der Waals surface area contributed by atoms with Crippen molar-refractivity contribution in [1.82, 2.24) is 15.6 Å². The molecule has 2 aromatic heterocycles. The van der Waals surface area contributed by atoms with E-state index in [2.05, 4.69) is 40.4 Å². The summed E-state index contributed by atoms with van der Waals surface area (Å²) in [5, 5.41) is 6.65. The highest BCUT2D eigenvalue weighted by Gasteiger charge is 2.17. The van der Waals surface area contributed by atoms with Crippen molar-refractivity contribution < 1.29 is 13.9 Å². The molecule has 1 atom stereocenters. The maximum atomic E-state index is 5.62. The van der Waals surface area contributed by atoms with Gasteiger partial charge >= 0.3 is 0 Å². The standard InChI is InChI=1S/C22H33N5O3/c1-3-23-22(25-8-5-11-28-17-20-6-4-12-30-20)26-15-19-7-9-24-21(14-19)27-10-13-29-18(2)16-27/h4,6-7,9,12,14,18H,3,5,8,10-11,13,15-17H2,1-2H3,(H2,23,25,26). The van der Waals surface area contributed by atoms with E-state index in [0.29, 0.717) is 19.8 Å². The molecule has 0 saturated carbocycles. The van der Waals surface area contributed by atoms with Gasteiger partial charge in [-0.15, -0.1) is 0 Å². The minimum atomic E-state index is 0.231. The number of ether oxygens (including phenoxy) is 2. The highest BCUT2D eigenvalue weighted by molar-refractivity contribution is 5.79. The van der Waals surface area contributed by atoms with Gasteiger partial charge in [0.2, 0.25) is 0 Å². The van der Waals surface area contributed by atoms with Crippen LogP contribution >= 0.6 is 0 Å². The maximum Gasteiger partial charge on any atom is 0.191 e. The minimum Gasteiger partial charge on any atom is -0.467 e. The molecule has 1 saturated heterocycles. The Labute approximate surface area is 178 Å². The lowest BCUT2D eigenvalue weighted by Crippen LogP contribution is -2.41. The lowest BCUT2D eigenvalue weighted by Gasteiger charge is -2.32. The molecule has 1 aliphatic rings. The van der Waals surface area contributed by atoms with Gasteiger partial charge in [0, 0.05) is 39.0 Å². The number of furan rings is 1. The van der Waals surface area contributed by atoms with E-state index >= 15 is 0 Å². The number of hydrogen-bond donors (Lipinski definition) is 2. The van der Waals surface area contributed by atoms with Crippen LogP contribution in [0.15, 0.2) is 46.1 Å². The highest BCUT2D eigenvalue weighted by Crippen LogP contribution is 2.16. The average molecular weight is 416 g/mol. The summed E-state index contributed by atoms with van der Waals surface area (Å²) < 4.78 is 16.5. The number of aromatic nitrogens is 1. The molecule has 0 aliphatic carbocycles. The molecule has 0 bridgehead atoms. The third-order valence-corrected chi connectivity index (χ3v) is 4.72. The zero-order valence-electron chi connectivity index (χ0n) is 18.0. The van der Waals surface area contributed by atoms with Crippen LogP contribution in [0.2, 0.25) is 0 Å². The smallest absolute Gasteiger partial charge is 0.191 e. The van der Waals surface area contributed by atoms with Gasteiger partial charge in [-0.1, -0.05) is 0 Å². The second kappa shape index (κ2) is 12.2. The van der Waals surface area contributed by atoms with Gasteiger partial charge in [-0.3, -0.25) is 0 Å². The van der Waals surface area contributed by atoms with Gasteiger partial charge in [0.1, 0.15) is 18.2 Å². The molecule has 8 heteroatoms. The molecule has 8 nitrogen and oxygen atoms in total. The fraction of sp³-hybridized carbons (Fsp3) is 0.545. The van der Waals surface area contributed by atoms with Crippen LogP contribution in [0.1, 0.15) is 31.6 Å². The number of nitrogens with zero attached hydrogens (tertiary/aromatic N) is 3. The first-order valence-electron chi connectivity index (χ1n) is 10.7. The Morgan fingerprint density at radius 3 is 3.10 bits per heavy atom. The zero-order valence-corrected chi connectivity index (χ0v) is 18.0. The van der Waals surface area contributed by atoms with Gasteiger partial charge in [0.15, 0.2) is 5.96 Å². The molecule has 0 spiro atoms. The lowest BCUT2D eigenvalue weighted by molar-refractivity contribution is 0.0529. The number of morpholine rings is 1. The quantitative estimate of drug-likeness (QED) is 0.350. The molecule has 1 unspecified atom stereocenters. The first kappa shape index (κ1) is 22.1. The monoisotopic (exact) mass is 415 g/mol. The minimum absolute atomic E-state index is 0.231. The van der Waals surface area contributed by atoms with Crippen molar-refractivity contribution in [2.75, 3.05) is 44.3 Å². The first-order chi connectivity index (χ1) is 14.7. The summed E-state index contributed by atoms with van der Waals surface area (Å²) in [5.41, 5.74) is 1.14. The highest BCUT2D eigenvalue weighted by atomic mass is 16.5. The summed E-state index contributed by atoms with van der Waals surface area (Å²) in [6.45, 7) is 10.0. The van der Waals surface area contributed by atoms with Crippen molar-refractivity contribution in [3.05, 3.63) is 48.0 Å². The van der Waals surface area contributed by atoms with E-state index < -0.39 is 0 Å². The Morgan fingerprint density at radius 2 is 2.30 bits per heavy atom. The van der Waals surface area contributed by atoms with Crippen molar-refractivity contribution in [2.45, 2.75) is 39.5 Å². The van der Waals surface area contributed by atoms with Crippen molar-refractivity contribution in [2.24, 2.45) is 4.99 Å². The number of anilines is 1. The molecule has 1 fully saturated rings. The van der Waals surface area contributed by atoms with Crippen LogP contribution in [0, 0.1) is 0 Å². The van der Waals surface area contributed by atoms with Gasteiger partial charge in [-0.25, -0.2) is 9.98 Å². The summed E-state index contributed by atoms with van der Waals surface area (Å²) in [6, 6.07) is 7.92. The molecule has 1 aliphatic heterocycles. The second-order valence-corrected chi connectivity index (χ2v) is 7.26. The first-order valence-corrected chi connectivity index (χ1v) is 10.7. The van der Waals surface area contributed by atoms with Gasteiger partial charge in [0.05, 0.1) is 25.5 Å². The van der Waals surface area contributed by atoms with Crippen molar-refractivity contribution >= 4 is 11.8 Å². The van der Waals surface area contributed by atoms with Crippen molar-refractivity contribution in [3.63, 3.8) is 0 Å².